The lowest BCUT2D eigenvalue weighted by molar-refractivity contribution is -0.159. The maximum atomic E-state index is 14.3. The number of carbonyl (C=O) groups excluding carboxylic acids is 3. The maximum absolute atomic E-state index is 14.3. The van der Waals surface area contributed by atoms with Crippen LogP contribution in [0, 0.1) is 16.2 Å². The summed E-state index contributed by atoms with van der Waals surface area (Å²) in [7, 11) is 0. The molecule has 4 N–H and O–H groups in total. The van der Waals surface area contributed by atoms with E-state index < -0.39 is 50.9 Å². The van der Waals surface area contributed by atoms with Gasteiger partial charge in [-0.2, -0.15) is 0 Å². The quantitative estimate of drug-likeness (QED) is 0.326. The van der Waals surface area contributed by atoms with E-state index in [1.54, 1.807) is 6.92 Å². The minimum Gasteiger partial charge on any atom is -0.511 e. The second-order valence-electron chi connectivity index (χ2n) is 14.1. The van der Waals surface area contributed by atoms with Gasteiger partial charge in [0.25, 0.3) is 0 Å². The van der Waals surface area contributed by atoms with Crippen molar-refractivity contribution in [2.75, 3.05) is 0 Å². The molecule has 0 radical (unpaired) electrons. The number of rotatable bonds is 5. The van der Waals surface area contributed by atoms with Crippen LogP contribution >= 0.6 is 0 Å². The molecule has 0 saturated heterocycles. The molecule has 40 heavy (non-hydrogen) atoms. The first-order valence-corrected chi connectivity index (χ1v) is 14.6. The van der Waals surface area contributed by atoms with Gasteiger partial charge in [-0.1, -0.05) is 53.5 Å². The fourth-order valence-electron chi connectivity index (χ4n) is 8.43. The number of ketones is 3. The van der Waals surface area contributed by atoms with Crippen LogP contribution in [0.25, 0.3) is 0 Å². The van der Waals surface area contributed by atoms with Crippen molar-refractivity contribution in [1.29, 1.82) is 0 Å². The van der Waals surface area contributed by atoms with Gasteiger partial charge in [0, 0.05) is 22.8 Å². The van der Waals surface area contributed by atoms with Gasteiger partial charge < -0.3 is 20.4 Å². The number of aliphatic hydroxyl groups is 3. The molecule has 5 rings (SSSR count). The number of aryl methyl sites for hydroxylation is 1. The van der Waals surface area contributed by atoms with Crippen molar-refractivity contribution in [3.05, 3.63) is 51.0 Å². The van der Waals surface area contributed by atoms with E-state index in [1.807, 2.05) is 13.0 Å². The summed E-state index contributed by atoms with van der Waals surface area (Å²) >= 11 is 0. The van der Waals surface area contributed by atoms with Crippen LogP contribution in [0.4, 0.5) is 0 Å². The van der Waals surface area contributed by atoms with E-state index in [0.717, 1.165) is 37.3 Å². The van der Waals surface area contributed by atoms with Crippen molar-refractivity contribution >= 4 is 17.3 Å². The van der Waals surface area contributed by atoms with Gasteiger partial charge in [-0.05, 0) is 73.5 Å². The summed E-state index contributed by atoms with van der Waals surface area (Å²) in [6.07, 6.45) is 6.44. The molecule has 0 aromatic heterocycles. The van der Waals surface area contributed by atoms with Gasteiger partial charge in [0.1, 0.15) is 22.8 Å². The van der Waals surface area contributed by atoms with Crippen LogP contribution in [0.2, 0.25) is 0 Å². The first kappa shape index (κ1) is 28.6. The molecule has 1 saturated carbocycles. The highest BCUT2D eigenvalue weighted by molar-refractivity contribution is 6.25. The third-order valence-electron chi connectivity index (χ3n) is 10.6. The van der Waals surface area contributed by atoms with Crippen LogP contribution in [0.1, 0.15) is 119 Å². The lowest BCUT2D eigenvalue weighted by atomic mass is 9.48. The Bertz CT molecular complexity index is 1410. The number of aliphatic hydroxyl groups excluding tert-OH is 2. The number of carbonyl (C=O) groups is 3. The SMILES string of the molecule is CC(=O)C1=C(O)C[C@@]2(C)C[C@@]3(C)Cc4c(C(C)C)cc(CCC5(C)CCCC5)c(O)c4C(=O)C3=C(O)[C@@]2(O)C1=O. The molecule has 0 aliphatic heterocycles. The molecular weight excluding hydrogens is 508 g/mol. The molecular formula is C33H42O7. The van der Waals surface area contributed by atoms with Gasteiger partial charge in [0.2, 0.25) is 5.78 Å². The van der Waals surface area contributed by atoms with Gasteiger partial charge in [-0.15, -0.1) is 0 Å². The molecule has 1 aromatic carbocycles. The van der Waals surface area contributed by atoms with E-state index in [0.29, 0.717) is 18.4 Å². The number of phenols is 1. The van der Waals surface area contributed by atoms with E-state index in [4.69, 9.17) is 0 Å². The maximum Gasteiger partial charge on any atom is 0.209 e. The van der Waals surface area contributed by atoms with Crippen LogP contribution < -0.4 is 0 Å². The Morgan fingerprint density at radius 1 is 1.02 bits per heavy atom. The third kappa shape index (κ3) is 3.83. The fraction of sp³-hybridized carbons (Fsp3) is 0.606. The predicted octanol–water partition coefficient (Wildman–Crippen LogP) is 6.10. The van der Waals surface area contributed by atoms with Gasteiger partial charge in [0.05, 0.1) is 5.56 Å². The van der Waals surface area contributed by atoms with Crippen LogP contribution in [0.5, 0.6) is 5.75 Å². The number of fused-ring (bicyclic) bond motifs is 3. The number of phenolic OH excluding ortho intramolecular Hbond substituents is 1. The van der Waals surface area contributed by atoms with E-state index >= 15 is 0 Å². The van der Waals surface area contributed by atoms with Crippen LogP contribution in [-0.2, 0) is 22.4 Å². The van der Waals surface area contributed by atoms with Gasteiger partial charge in [-0.25, -0.2) is 0 Å². The molecule has 7 nitrogen and oxygen atoms in total. The molecule has 0 unspecified atom stereocenters. The normalized spacial score (nSPS) is 31.4. The molecule has 216 valence electrons. The zero-order chi connectivity index (χ0) is 29.6. The van der Waals surface area contributed by atoms with Crippen molar-refractivity contribution in [3.63, 3.8) is 0 Å². The minimum atomic E-state index is -2.55. The number of allylic oxidation sites excluding steroid dienone is 2. The summed E-state index contributed by atoms with van der Waals surface area (Å²) in [4.78, 5) is 40.1. The van der Waals surface area contributed by atoms with E-state index in [2.05, 4.69) is 20.8 Å². The zero-order valence-corrected chi connectivity index (χ0v) is 24.5. The average molecular weight is 551 g/mol. The molecule has 1 fully saturated rings. The molecule has 7 heteroatoms. The van der Waals surface area contributed by atoms with Gasteiger partial charge in [-0.3, -0.25) is 14.4 Å². The summed E-state index contributed by atoms with van der Waals surface area (Å²) < 4.78 is 0. The first-order valence-electron chi connectivity index (χ1n) is 14.6. The fourth-order valence-corrected chi connectivity index (χ4v) is 8.43. The van der Waals surface area contributed by atoms with E-state index in [9.17, 15) is 34.8 Å². The molecule has 1 aromatic rings. The third-order valence-corrected chi connectivity index (χ3v) is 10.6. The van der Waals surface area contributed by atoms with Gasteiger partial charge >= 0.3 is 0 Å². The van der Waals surface area contributed by atoms with Crippen LogP contribution in [0.15, 0.2) is 28.7 Å². The second kappa shape index (κ2) is 9.04. The summed E-state index contributed by atoms with van der Waals surface area (Å²) in [5.41, 5.74) is -2.78. The second-order valence-corrected chi connectivity index (χ2v) is 14.1. The number of benzene rings is 1. The zero-order valence-electron chi connectivity index (χ0n) is 24.5. The molecule has 4 aliphatic rings. The molecule has 0 bridgehead atoms. The largest absolute Gasteiger partial charge is 0.511 e. The van der Waals surface area contributed by atoms with Crippen molar-refractivity contribution in [2.45, 2.75) is 111 Å². The summed E-state index contributed by atoms with van der Waals surface area (Å²) in [5.74, 6) is -3.61. The van der Waals surface area contributed by atoms with Crippen molar-refractivity contribution in [1.82, 2.24) is 0 Å². The molecule has 0 spiro atoms. The average Bonchev–Trinajstić information content (AvgIpc) is 3.26. The molecule has 0 heterocycles. The summed E-state index contributed by atoms with van der Waals surface area (Å²) in [6.45, 7) is 10.9. The highest BCUT2D eigenvalue weighted by atomic mass is 16.3. The summed E-state index contributed by atoms with van der Waals surface area (Å²) in [6, 6.07) is 2.03. The van der Waals surface area contributed by atoms with E-state index in [1.165, 1.54) is 12.8 Å². The van der Waals surface area contributed by atoms with Crippen molar-refractivity contribution in [2.24, 2.45) is 16.2 Å². The van der Waals surface area contributed by atoms with Crippen molar-refractivity contribution < 1.29 is 34.8 Å². The van der Waals surface area contributed by atoms with Crippen LogP contribution in [0.3, 0.4) is 0 Å². The Hall–Kier alpha value is -2.93. The number of hydrogen-bond acceptors (Lipinski definition) is 7. The molecule has 0 amide bonds. The molecule has 3 atom stereocenters. The highest BCUT2D eigenvalue weighted by Crippen LogP contribution is 2.62. The Balaban J connectivity index is 1.68. The number of hydrogen-bond donors (Lipinski definition) is 4. The molecule has 4 aliphatic carbocycles. The smallest absolute Gasteiger partial charge is 0.209 e. The lowest BCUT2D eigenvalue weighted by Gasteiger charge is -2.56. The Labute approximate surface area is 236 Å². The lowest BCUT2D eigenvalue weighted by Crippen LogP contribution is -2.63. The van der Waals surface area contributed by atoms with E-state index in [-0.39, 0.29) is 41.1 Å². The monoisotopic (exact) mass is 550 g/mol. The minimum absolute atomic E-state index is 0.0724. The predicted molar refractivity (Wildman–Crippen MR) is 151 cm³/mol. The van der Waals surface area contributed by atoms with Crippen molar-refractivity contribution in [3.8, 4) is 5.75 Å². The topological polar surface area (TPSA) is 132 Å². The number of aromatic hydroxyl groups is 1. The van der Waals surface area contributed by atoms with Crippen LogP contribution in [-0.4, -0.2) is 43.4 Å². The Kier molecular flexibility index (Phi) is 6.46. The summed E-state index contributed by atoms with van der Waals surface area (Å²) in [5, 5.41) is 45.7. The standard InChI is InChI=1S/C33H42O7/c1-17(2)20-13-19(9-12-30(4)10-7-8-11-30)26(36)24-21(20)14-31(5)16-32(6)15-22(35)23(18(3)34)28(38)33(32,40)29(39)25(31)27(24)37/h13,17,35-36,39-40H,7-12,14-16H2,1-6H3/t31-,32+,33+/m1/s1. The Morgan fingerprint density at radius 3 is 2.23 bits per heavy atom. The highest BCUT2D eigenvalue weighted by Gasteiger charge is 2.67. The number of Topliss-reactive ketones (excluding diaryl/α,β-unsaturated/α-hetero) is 3. The van der Waals surface area contributed by atoms with Gasteiger partial charge in [0.15, 0.2) is 17.2 Å². The first-order chi connectivity index (χ1) is 18.5. The Morgan fingerprint density at radius 2 is 1.65 bits per heavy atom.